The number of hydrogen-bond donors (Lipinski definition) is 1. The van der Waals surface area contributed by atoms with E-state index in [-0.39, 0.29) is 85.3 Å². The number of carbonyl (C=O) groups excluding carboxylic acids is 2. The van der Waals surface area contributed by atoms with E-state index in [0.717, 1.165) is 146 Å². The number of hydrogen-bond acceptors (Lipinski definition) is 7. The quantitative estimate of drug-likeness (QED) is 0.0378. The minimum absolute atomic E-state index is 0.0721. The van der Waals surface area contributed by atoms with Crippen LogP contribution < -0.4 is 0 Å². The minimum atomic E-state index is -4.97. The second kappa shape index (κ2) is 37.1. The van der Waals surface area contributed by atoms with E-state index in [0.29, 0.717) is 82.3 Å². The molecule has 3 saturated carbocycles. The Bertz CT molecular complexity index is 3910. The lowest BCUT2D eigenvalue weighted by molar-refractivity contribution is -0.143. The molecule has 0 aliphatic heterocycles. The van der Waals surface area contributed by atoms with Gasteiger partial charge in [-0.15, -0.1) is 23.1 Å². The Morgan fingerprint density at radius 3 is 1.19 bits per heavy atom. The van der Waals surface area contributed by atoms with Crippen LogP contribution >= 0.6 is 35.7 Å². The first-order valence-corrected chi connectivity index (χ1v) is 37.0. The number of ether oxygens (including phenoxy) is 2. The number of benzene rings is 6. The highest BCUT2D eigenvalue weighted by molar-refractivity contribution is 7.99. The lowest BCUT2D eigenvalue weighted by atomic mass is 9.77. The van der Waals surface area contributed by atoms with E-state index >= 15 is 17.6 Å². The molecule has 1 aromatic heterocycles. The number of thiol groups is 1. The molecule has 0 N–H and O–H groups in total. The van der Waals surface area contributed by atoms with Crippen LogP contribution in [0, 0.1) is 71.2 Å². The molecule has 101 heavy (non-hydrogen) atoms. The zero-order chi connectivity index (χ0) is 74.3. The van der Waals surface area contributed by atoms with Crippen LogP contribution in [-0.4, -0.2) is 36.7 Å². The van der Waals surface area contributed by atoms with Gasteiger partial charge in [0.15, 0.2) is 29.1 Å². The molecule has 0 radical (unpaired) electrons. The van der Waals surface area contributed by atoms with Gasteiger partial charge < -0.3 is 9.47 Å². The fraction of sp³-hybridized carbons (Fsp3) is 0.506. The van der Waals surface area contributed by atoms with E-state index in [2.05, 4.69) is 38.1 Å². The summed E-state index contributed by atoms with van der Waals surface area (Å²) in [4.78, 5) is 21.5. The van der Waals surface area contributed by atoms with Crippen molar-refractivity contribution in [3.63, 3.8) is 0 Å². The highest BCUT2D eigenvalue weighted by Crippen LogP contribution is 2.49. The summed E-state index contributed by atoms with van der Waals surface area (Å²) >= 11 is 5.27. The number of thioether (sulfide) groups is 1. The van der Waals surface area contributed by atoms with Crippen molar-refractivity contribution in [1.29, 1.82) is 0 Å². The van der Waals surface area contributed by atoms with Gasteiger partial charge in [0, 0.05) is 39.0 Å². The first kappa shape index (κ1) is 82.3. The summed E-state index contributed by atoms with van der Waals surface area (Å²) in [5.74, 6) is -7.58. The molecule has 0 atom stereocenters. The van der Waals surface area contributed by atoms with Crippen LogP contribution in [0.4, 0.5) is 74.6 Å². The molecular formula is C77H85F17O4S3. The maximum atomic E-state index is 15.3. The van der Waals surface area contributed by atoms with Crippen LogP contribution in [0.15, 0.2) is 77.7 Å². The maximum Gasteiger partial charge on any atom is 0.419 e. The molecule has 7 aromatic rings. The fourth-order valence-electron chi connectivity index (χ4n) is 14.2. The predicted octanol–water partition coefficient (Wildman–Crippen LogP) is 26.4. The monoisotopic (exact) mass is 1490 g/mol. The van der Waals surface area contributed by atoms with Crippen LogP contribution in [0.5, 0.6) is 0 Å². The summed E-state index contributed by atoms with van der Waals surface area (Å²) in [6, 6.07) is 14.1. The predicted molar refractivity (Wildman–Crippen MR) is 368 cm³/mol. The van der Waals surface area contributed by atoms with Gasteiger partial charge in [0.25, 0.3) is 0 Å². The van der Waals surface area contributed by atoms with Crippen molar-refractivity contribution in [2.45, 2.75) is 211 Å². The number of rotatable bonds is 19. The summed E-state index contributed by atoms with van der Waals surface area (Å²) in [6.45, 7) is 11.5. The first-order chi connectivity index (χ1) is 47.8. The van der Waals surface area contributed by atoms with Crippen molar-refractivity contribution < 1.29 is 93.7 Å². The molecule has 0 unspecified atom stereocenters. The molecule has 0 saturated heterocycles. The van der Waals surface area contributed by atoms with Crippen molar-refractivity contribution in [2.24, 2.45) is 17.8 Å². The number of esters is 2. The number of fused-ring (bicyclic) bond motifs is 3. The molecule has 0 bridgehead atoms. The van der Waals surface area contributed by atoms with Gasteiger partial charge in [-0.25, -0.2) is 35.1 Å². The molecule has 24 heteroatoms. The molecule has 554 valence electrons. The number of thiophene rings is 1. The zero-order valence-corrected chi connectivity index (χ0v) is 59.7. The highest BCUT2D eigenvalue weighted by atomic mass is 32.2. The fourth-order valence-corrected chi connectivity index (χ4v) is 16.6. The molecule has 3 aliphatic carbocycles. The van der Waals surface area contributed by atoms with Crippen LogP contribution in [0.2, 0.25) is 0 Å². The Balaban J connectivity index is 0.000000203. The third kappa shape index (κ3) is 20.7. The second-order valence-corrected chi connectivity index (χ2v) is 28.6. The molecule has 0 amide bonds. The Morgan fingerprint density at radius 2 is 0.772 bits per heavy atom. The first-order valence-electron chi connectivity index (χ1n) is 34.5. The van der Waals surface area contributed by atoms with Crippen molar-refractivity contribution in [3.8, 4) is 22.3 Å². The standard InChI is InChI=1S/C27H30F6O2S.C23H24F6.C22H21F5S.C5H10O2S/c1-3-5-16-6-8-17(9-7-16)18-10-11-19(24(29)23(18)28)20-12-13-21(27(31,32)33)25(30)26(20)36-15-14-22(34)35-4-2;1-3-4-14-5-7-15(8-6-14)17-9-10-18(22(26)21(17)25)16-11-12-19(23(27,28)29)20(24)13(16)2;1-2-3-12-4-6-13(7-5-12)14-8-9-15-16-10-11-17(22(25,26)27)19(24)21(16)28-20(15)18(14)23;1-2-7-5(6)3-4-8/h10-13,16-17H,3-9,14-15H2,1-2H3;9-12,14-15H,3-8H2,1-2H3;8-13H,2-7H2,1H3;8H,2-4H2,1H3. The second-order valence-electron chi connectivity index (χ2n) is 26.0. The van der Waals surface area contributed by atoms with E-state index in [1.54, 1.807) is 26.0 Å². The van der Waals surface area contributed by atoms with Gasteiger partial charge in [0.2, 0.25) is 0 Å². The summed E-state index contributed by atoms with van der Waals surface area (Å²) < 4.78 is 246. The summed E-state index contributed by atoms with van der Waals surface area (Å²) in [5.41, 5.74) is -4.24. The van der Waals surface area contributed by atoms with E-state index in [1.165, 1.54) is 36.8 Å². The average molecular weight is 1490 g/mol. The molecule has 3 fully saturated rings. The molecule has 10 rings (SSSR count). The third-order valence-electron chi connectivity index (χ3n) is 19.4. The molecule has 0 spiro atoms. The topological polar surface area (TPSA) is 52.6 Å². The Kier molecular flexibility index (Phi) is 30.2. The average Bonchev–Trinajstić information content (AvgIpc) is 1.65. The summed E-state index contributed by atoms with van der Waals surface area (Å²) in [5, 5.41) is 0.816. The van der Waals surface area contributed by atoms with Gasteiger partial charge in [0.1, 0.15) is 17.5 Å². The highest BCUT2D eigenvalue weighted by Gasteiger charge is 2.39. The number of halogens is 17. The summed E-state index contributed by atoms with van der Waals surface area (Å²) in [6.07, 6.45) is 3.32. The molecule has 1 heterocycles. The molecular weight excluding hydrogens is 1410 g/mol. The minimum Gasteiger partial charge on any atom is -0.466 e. The van der Waals surface area contributed by atoms with Gasteiger partial charge in [0.05, 0.1) is 57.0 Å². The third-order valence-corrected chi connectivity index (χ3v) is 21.9. The number of carbonyl (C=O) groups is 2. The van der Waals surface area contributed by atoms with Gasteiger partial charge in [-0.2, -0.15) is 52.1 Å². The zero-order valence-electron chi connectivity index (χ0n) is 57.2. The SMILES string of the molecule is CCCC1CCC(c2ccc(-c3ccc(C(F)(F)F)c(F)c3C)c(F)c2F)CC1.CCCC1CCC(c2ccc(-c3ccc(C(F)(F)F)c(F)c3SCCC(=O)OCC)c(F)c2F)CC1.CCCC1CCC(c2ccc3c(sc4c(F)c(C(F)(F)F)ccc43)c2F)CC1.CCOC(=O)CCS. The van der Waals surface area contributed by atoms with Crippen molar-refractivity contribution >= 4 is 67.8 Å². The largest absolute Gasteiger partial charge is 0.466 e. The molecule has 3 aliphatic rings. The van der Waals surface area contributed by atoms with Crippen LogP contribution in [0.25, 0.3) is 42.4 Å². The lowest BCUT2D eigenvalue weighted by Crippen LogP contribution is -2.15. The van der Waals surface area contributed by atoms with Gasteiger partial charge in [-0.05, 0) is 179 Å². The summed E-state index contributed by atoms with van der Waals surface area (Å²) in [7, 11) is 0. The van der Waals surface area contributed by atoms with Gasteiger partial charge in [-0.1, -0.05) is 114 Å². The molecule has 4 nitrogen and oxygen atoms in total. The Morgan fingerprint density at radius 1 is 0.426 bits per heavy atom. The van der Waals surface area contributed by atoms with E-state index in [1.807, 2.05) is 0 Å². The Hall–Kier alpha value is -6.01. The van der Waals surface area contributed by atoms with Crippen LogP contribution in [0.3, 0.4) is 0 Å². The lowest BCUT2D eigenvalue weighted by Gasteiger charge is -2.29. The van der Waals surface area contributed by atoms with Crippen molar-refractivity contribution in [1.82, 2.24) is 0 Å². The maximum absolute atomic E-state index is 15.3. The van der Waals surface area contributed by atoms with E-state index in [9.17, 15) is 66.7 Å². The molecule has 6 aromatic carbocycles. The van der Waals surface area contributed by atoms with Crippen LogP contribution in [0.1, 0.15) is 220 Å². The van der Waals surface area contributed by atoms with Crippen LogP contribution in [-0.2, 0) is 37.6 Å². The Labute approximate surface area is 592 Å². The van der Waals surface area contributed by atoms with Crippen molar-refractivity contribution in [2.75, 3.05) is 24.7 Å². The smallest absolute Gasteiger partial charge is 0.419 e. The number of alkyl halides is 9. The van der Waals surface area contributed by atoms with Gasteiger partial charge in [-0.3, -0.25) is 9.59 Å². The van der Waals surface area contributed by atoms with E-state index < -0.39 is 92.6 Å². The van der Waals surface area contributed by atoms with Gasteiger partial charge >= 0.3 is 30.5 Å². The van der Waals surface area contributed by atoms with E-state index in [4.69, 9.17) is 4.74 Å². The normalized spacial score (nSPS) is 18.8. The van der Waals surface area contributed by atoms with Crippen molar-refractivity contribution in [3.05, 3.63) is 158 Å².